The van der Waals surface area contributed by atoms with Gasteiger partial charge in [0.05, 0.1) is 23.6 Å². The molecule has 1 heterocycles. The molecule has 188 valence electrons. The van der Waals surface area contributed by atoms with E-state index in [4.69, 9.17) is 14.3 Å². The first kappa shape index (κ1) is 24.2. The molecule has 0 spiro atoms. The van der Waals surface area contributed by atoms with E-state index in [0.29, 0.717) is 18.9 Å². The molecule has 4 aromatic rings. The quantitative estimate of drug-likeness (QED) is 0.211. The van der Waals surface area contributed by atoms with E-state index < -0.39 is 10.9 Å². The van der Waals surface area contributed by atoms with Gasteiger partial charge in [-0.25, -0.2) is 4.98 Å². The summed E-state index contributed by atoms with van der Waals surface area (Å²) in [4.78, 5) is 26.4. The zero-order valence-electron chi connectivity index (χ0n) is 20.3. The number of nitro benzene ring substituents is 1. The number of oxazole rings is 1. The van der Waals surface area contributed by atoms with E-state index in [9.17, 15) is 14.9 Å². The van der Waals surface area contributed by atoms with Gasteiger partial charge in [0.2, 0.25) is 5.89 Å². The highest BCUT2D eigenvalue weighted by atomic mass is 16.6. The highest BCUT2D eigenvalue weighted by molar-refractivity contribution is 5.69. The zero-order chi connectivity index (χ0) is 25.9. The summed E-state index contributed by atoms with van der Waals surface area (Å²) in [6.07, 6.45) is 2.48. The number of benzene rings is 3. The average molecular weight is 499 g/mol. The van der Waals surface area contributed by atoms with Gasteiger partial charge in [-0.15, -0.1) is 0 Å². The van der Waals surface area contributed by atoms with Crippen molar-refractivity contribution in [2.45, 2.75) is 38.5 Å². The minimum atomic E-state index is -0.765. The van der Waals surface area contributed by atoms with E-state index in [0.717, 1.165) is 57.9 Å². The van der Waals surface area contributed by atoms with Crippen molar-refractivity contribution in [3.8, 4) is 28.3 Å². The second-order valence-electron chi connectivity index (χ2n) is 9.20. The monoisotopic (exact) mass is 498 g/mol. The van der Waals surface area contributed by atoms with Gasteiger partial charge in [0.15, 0.2) is 0 Å². The first-order valence-electron chi connectivity index (χ1n) is 12.2. The van der Waals surface area contributed by atoms with Gasteiger partial charge >= 0.3 is 5.97 Å². The third-order valence-corrected chi connectivity index (χ3v) is 6.76. The molecule has 3 aromatic carbocycles. The molecule has 1 aliphatic rings. The zero-order valence-corrected chi connectivity index (χ0v) is 20.3. The first-order valence-corrected chi connectivity index (χ1v) is 12.2. The Kier molecular flexibility index (Phi) is 6.72. The van der Waals surface area contributed by atoms with Crippen molar-refractivity contribution < 1.29 is 24.0 Å². The second-order valence-corrected chi connectivity index (χ2v) is 9.20. The number of rotatable bonds is 9. The van der Waals surface area contributed by atoms with E-state index in [1.165, 1.54) is 6.07 Å². The maximum absolute atomic E-state index is 11.1. The van der Waals surface area contributed by atoms with Crippen LogP contribution in [0.1, 0.15) is 41.3 Å². The Labute approximate surface area is 213 Å². The molecular formula is C29H26N2O6. The lowest BCUT2D eigenvalue weighted by Crippen LogP contribution is -2.04. The predicted molar refractivity (Wildman–Crippen MR) is 138 cm³/mol. The SMILES string of the molecule is Cc1oc(-c2ccc(-c3cccc([N+](=O)[O-])c3)cc2)nc1CCOc1ccc2c(c1)CC[C@H]2CC(=O)O. The van der Waals surface area contributed by atoms with Crippen LogP contribution in [0.3, 0.4) is 0 Å². The predicted octanol–water partition coefficient (Wildman–Crippen LogP) is 6.35. The number of ether oxygens (including phenoxy) is 1. The van der Waals surface area contributed by atoms with Crippen LogP contribution in [0.2, 0.25) is 0 Å². The van der Waals surface area contributed by atoms with Crippen LogP contribution in [0.5, 0.6) is 5.75 Å². The van der Waals surface area contributed by atoms with Gasteiger partial charge in [-0.05, 0) is 72.2 Å². The molecule has 37 heavy (non-hydrogen) atoms. The standard InChI is InChI=1S/C29H26N2O6/c1-18-27(13-14-36-25-11-12-26-22(16-25)9-10-23(26)17-28(32)33)30-29(37-18)20-7-5-19(6-8-20)21-3-2-4-24(15-21)31(34)35/h2-8,11-12,15-16,23H,9-10,13-14,17H2,1H3,(H,32,33)/t23-/m0/s1. The van der Waals surface area contributed by atoms with E-state index in [1.54, 1.807) is 12.1 Å². The first-order chi connectivity index (χ1) is 17.9. The third-order valence-electron chi connectivity index (χ3n) is 6.76. The van der Waals surface area contributed by atoms with Crippen LogP contribution >= 0.6 is 0 Å². The van der Waals surface area contributed by atoms with Crippen LogP contribution < -0.4 is 4.74 Å². The van der Waals surface area contributed by atoms with Crippen molar-refractivity contribution in [2.24, 2.45) is 0 Å². The smallest absolute Gasteiger partial charge is 0.303 e. The second kappa shape index (κ2) is 10.3. The number of aromatic nitrogens is 1. The Hall–Kier alpha value is -4.46. The molecule has 0 amide bonds. The summed E-state index contributed by atoms with van der Waals surface area (Å²) < 4.78 is 11.9. The number of fused-ring (bicyclic) bond motifs is 1. The number of hydrogen-bond donors (Lipinski definition) is 1. The largest absolute Gasteiger partial charge is 0.493 e. The van der Waals surface area contributed by atoms with Crippen LogP contribution in [-0.2, 0) is 17.6 Å². The topological polar surface area (TPSA) is 116 Å². The van der Waals surface area contributed by atoms with Gasteiger partial charge in [-0.2, -0.15) is 0 Å². The fraction of sp³-hybridized carbons (Fsp3) is 0.241. The normalized spacial score (nSPS) is 14.4. The minimum Gasteiger partial charge on any atom is -0.493 e. The lowest BCUT2D eigenvalue weighted by atomic mass is 9.98. The molecule has 0 radical (unpaired) electrons. The van der Waals surface area contributed by atoms with Crippen LogP contribution in [0.25, 0.3) is 22.6 Å². The number of carbonyl (C=O) groups is 1. The van der Waals surface area contributed by atoms with E-state index in [1.807, 2.05) is 55.5 Å². The Morgan fingerprint density at radius 3 is 2.65 bits per heavy atom. The van der Waals surface area contributed by atoms with Gasteiger partial charge in [0, 0.05) is 24.1 Å². The summed E-state index contributed by atoms with van der Waals surface area (Å²) >= 11 is 0. The minimum absolute atomic E-state index is 0.0547. The molecule has 1 aliphatic carbocycles. The summed E-state index contributed by atoms with van der Waals surface area (Å²) in [5.41, 5.74) is 5.61. The summed E-state index contributed by atoms with van der Waals surface area (Å²) in [6, 6.07) is 20.0. The summed E-state index contributed by atoms with van der Waals surface area (Å²) in [7, 11) is 0. The Bertz CT molecular complexity index is 1460. The van der Waals surface area contributed by atoms with Crippen LogP contribution in [0.4, 0.5) is 5.69 Å². The molecule has 1 N–H and O–H groups in total. The molecule has 0 bridgehead atoms. The van der Waals surface area contributed by atoms with Crippen molar-refractivity contribution in [2.75, 3.05) is 6.61 Å². The van der Waals surface area contributed by atoms with Crippen molar-refractivity contribution in [1.29, 1.82) is 0 Å². The van der Waals surface area contributed by atoms with Crippen molar-refractivity contribution >= 4 is 11.7 Å². The van der Waals surface area contributed by atoms with E-state index >= 15 is 0 Å². The molecule has 0 aliphatic heterocycles. The molecular weight excluding hydrogens is 472 g/mol. The molecule has 8 heteroatoms. The Balaban J connectivity index is 1.22. The molecule has 0 unspecified atom stereocenters. The number of non-ortho nitro benzene ring substituents is 1. The van der Waals surface area contributed by atoms with Crippen LogP contribution in [-0.4, -0.2) is 27.6 Å². The fourth-order valence-electron chi connectivity index (χ4n) is 4.85. The number of nitro groups is 1. The average Bonchev–Trinajstić information content (AvgIpc) is 3.46. The molecule has 5 rings (SSSR count). The summed E-state index contributed by atoms with van der Waals surface area (Å²) in [6.45, 7) is 2.32. The van der Waals surface area contributed by atoms with Gasteiger partial charge < -0.3 is 14.3 Å². The summed E-state index contributed by atoms with van der Waals surface area (Å²) in [5, 5.41) is 20.2. The highest BCUT2D eigenvalue weighted by Gasteiger charge is 2.25. The number of aliphatic carboxylic acids is 1. The van der Waals surface area contributed by atoms with Gasteiger partial charge in [0.25, 0.3) is 5.69 Å². The van der Waals surface area contributed by atoms with Crippen LogP contribution in [0.15, 0.2) is 71.1 Å². The van der Waals surface area contributed by atoms with Gasteiger partial charge in [-0.3, -0.25) is 14.9 Å². The van der Waals surface area contributed by atoms with E-state index in [-0.39, 0.29) is 18.0 Å². The molecule has 0 saturated carbocycles. The Morgan fingerprint density at radius 2 is 1.89 bits per heavy atom. The maximum atomic E-state index is 11.1. The lowest BCUT2D eigenvalue weighted by molar-refractivity contribution is -0.384. The number of carboxylic acid groups (broad SMARTS) is 1. The highest BCUT2D eigenvalue weighted by Crippen LogP contribution is 2.37. The molecule has 8 nitrogen and oxygen atoms in total. The lowest BCUT2D eigenvalue weighted by Gasteiger charge is -2.10. The number of aryl methyl sites for hydroxylation is 2. The van der Waals surface area contributed by atoms with Crippen LogP contribution in [0, 0.1) is 17.0 Å². The fourth-order valence-corrected chi connectivity index (χ4v) is 4.85. The number of hydrogen-bond acceptors (Lipinski definition) is 6. The van der Waals surface area contributed by atoms with Crippen molar-refractivity contribution in [3.63, 3.8) is 0 Å². The Morgan fingerprint density at radius 1 is 1.11 bits per heavy atom. The number of carboxylic acids is 1. The van der Waals surface area contributed by atoms with Gasteiger partial charge in [0.1, 0.15) is 11.5 Å². The van der Waals surface area contributed by atoms with E-state index in [2.05, 4.69) is 4.98 Å². The molecule has 1 atom stereocenters. The van der Waals surface area contributed by atoms with Crippen molar-refractivity contribution in [1.82, 2.24) is 4.98 Å². The maximum Gasteiger partial charge on any atom is 0.303 e. The third kappa shape index (κ3) is 5.38. The molecule has 1 aromatic heterocycles. The van der Waals surface area contributed by atoms with Crippen molar-refractivity contribution in [3.05, 3.63) is 99.4 Å². The number of nitrogens with zero attached hydrogens (tertiary/aromatic N) is 2. The van der Waals surface area contributed by atoms with Gasteiger partial charge in [-0.1, -0.05) is 30.3 Å². The molecule has 0 fully saturated rings. The molecule has 0 saturated heterocycles. The summed E-state index contributed by atoms with van der Waals surface area (Å²) in [5.74, 6) is 1.33.